The van der Waals surface area contributed by atoms with Gasteiger partial charge in [-0.1, -0.05) is 72.8 Å². The monoisotopic (exact) mass is 910 g/mol. The Morgan fingerprint density at radius 2 is 0.676 bits per heavy atom. The molecule has 4 aliphatic carbocycles. The quantitative estimate of drug-likeness (QED) is 0.125. The van der Waals surface area contributed by atoms with Crippen LogP contribution >= 0.6 is 0 Å². The Morgan fingerprint density at radius 1 is 0.382 bits per heavy atom. The SMILES string of the molecule is O=C(N[C@H]1C[C@@H]1c1ccccc1)[C@@H]1CN(C(=O)c2ccc(C(=O)N3C[C@@H](C(=O)N[C@@H]4C[C@H]4c4cccnc4)[C@H](C(=O)N[C@@H]4C[C@H]4c4cccnc4)C3)cc2)C[C@H]1C(=O)N[C@H]1C[C@@H]1c1ccccc1. The maximum Gasteiger partial charge on any atom is 0.253 e. The summed E-state index contributed by atoms with van der Waals surface area (Å²) in [5.41, 5.74) is 5.03. The van der Waals surface area contributed by atoms with E-state index in [1.165, 1.54) is 0 Å². The van der Waals surface area contributed by atoms with Crippen molar-refractivity contribution in [3.8, 4) is 0 Å². The molecule has 2 aliphatic heterocycles. The van der Waals surface area contributed by atoms with Crippen LogP contribution in [0.5, 0.6) is 0 Å². The molecule has 0 bridgehead atoms. The molecule has 346 valence electrons. The van der Waals surface area contributed by atoms with Gasteiger partial charge in [-0.2, -0.15) is 0 Å². The van der Waals surface area contributed by atoms with E-state index in [9.17, 15) is 28.8 Å². The molecule has 2 saturated heterocycles. The van der Waals surface area contributed by atoms with E-state index in [0.717, 1.165) is 47.9 Å². The Balaban J connectivity index is 0.756. The van der Waals surface area contributed by atoms with Crippen LogP contribution in [0.25, 0.3) is 0 Å². The van der Waals surface area contributed by atoms with Crippen molar-refractivity contribution in [2.45, 2.75) is 73.5 Å². The fraction of sp³-hybridized carbons (Fsp3) is 0.370. The van der Waals surface area contributed by atoms with Crippen molar-refractivity contribution in [1.82, 2.24) is 41.0 Å². The van der Waals surface area contributed by atoms with Crippen LogP contribution in [0.2, 0.25) is 0 Å². The van der Waals surface area contributed by atoms with E-state index in [4.69, 9.17) is 0 Å². The lowest BCUT2D eigenvalue weighted by molar-refractivity contribution is -0.133. The number of amides is 6. The number of likely N-dealkylation sites (tertiary alicyclic amines) is 2. The topological polar surface area (TPSA) is 183 Å². The zero-order chi connectivity index (χ0) is 46.5. The van der Waals surface area contributed by atoms with E-state index in [1.54, 1.807) is 58.9 Å². The van der Waals surface area contributed by atoms with Gasteiger partial charge in [0.15, 0.2) is 0 Å². The number of pyridine rings is 2. The van der Waals surface area contributed by atoms with Gasteiger partial charge in [0.25, 0.3) is 11.8 Å². The standard InChI is InChI=1S/C54H54N8O6/c63-49(57-45-21-37(45)31-9-3-1-4-10-31)41-27-61(28-42(41)50(64)58-46-22-38(46)32-11-5-2-6-12-32)53(67)33-15-17-34(18-16-33)54(68)62-29-43(51(65)59-47-23-39(47)35-13-7-19-55-25-35)44(30-62)52(66)60-48-24-40(48)36-14-8-20-56-26-36/h1-20,25-26,37-48H,21-24,27-30H2,(H,57,63)(H,58,64)(H,59,65)(H,60,66)/t37-,38-,39+,40+,41-,42-,43-,44-,45+,46+,47-,48-/m1/s1. The third-order valence-electron chi connectivity index (χ3n) is 15.1. The summed E-state index contributed by atoms with van der Waals surface area (Å²) in [6.07, 6.45) is 10.2. The molecule has 14 heteroatoms. The van der Waals surface area contributed by atoms with Gasteiger partial charge in [0.2, 0.25) is 23.6 Å². The van der Waals surface area contributed by atoms with E-state index >= 15 is 0 Å². The molecule has 4 N–H and O–H groups in total. The van der Waals surface area contributed by atoms with Gasteiger partial charge in [-0.05, 0) is 84.3 Å². The van der Waals surface area contributed by atoms with Crippen LogP contribution in [0.1, 0.15) is 92.3 Å². The lowest BCUT2D eigenvalue weighted by atomic mass is 9.94. The van der Waals surface area contributed by atoms with Gasteiger partial charge in [-0.15, -0.1) is 0 Å². The Morgan fingerprint density at radius 3 is 0.971 bits per heavy atom. The van der Waals surface area contributed by atoms with Crippen molar-refractivity contribution in [2.75, 3.05) is 26.2 Å². The Labute approximate surface area is 394 Å². The molecule has 6 amide bonds. The number of carbonyl (C=O) groups is 6. The number of carbonyl (C=O) groups excluding carboxylic acids is 6. The summed E-state index contributed by atoms with van der Waals surface area (Å²) in [6, 6.07) is 33.9. The Hall–Kier alpha value is -7.22. The van der Waals surface area contributed by atoms with Crippen LogP contribution in [-0.2, 0) is 19.2 Å². The molecular weight excluding hydrogens is 857 g/mol. The lowest BCUT2D eigenvalue weighted by Crippen LogP contribution is -2.43. The van der Waals surface area contributed by atoms with Gasteiger partial charge in [0.05, 0.1) is 23.7 Å². The van der Waals surface area contributed by atoms with E-state index in [2.05, 4.69) is 55.5 Å². The highest BCUT2D eigenvalue weighted by Crippen LogP contribution is 2.44. The first-order chi connectivity index (χ1) is 33.2. The molecular formula is C54H54N8O6. The third-order valence-corrected chi connectivity index (χ3v) is 15.1. The maximum atomic E-state index is 14.2. The number of aromatic nitrogens is 2. The lowest BCUT2D eigenvalue weighted by Gasteiger charge is -2.18. The molecule has 12 atom stereocenters. The Kier molecular flexibility index (Phi) is 11.5. The number of nitrogens with one attached hydrogen (secondary N) is 4. The average molecular weight is 911 g/mol. The molecule has 2 aromatic heterocycles. The normalized spacial score (nSPS) is 29.6. The summed E-state index contributed by atoms with van der Waals surface area (Å²) < 4.78 is 0. The van der Waals surface area contributed by atoms with Crippen molar-refractivity contribution in [3.63, 3.8) is 0 Å². The predicted molar refractivity (Wildman–Crippen MR) is 251 cm³/mol. The molecule has 0 spiro atoms. The minimum atomic E-state index is -0.760. The Bertz CT molecular complexity index is 2370. The number of rotatable bonds is 14. The molecule has 11 rings (SSSR count). The summed E-state index contributed by atoms with van der Waals surface area (Å²) in [5, 5.41) is 12.7. The summed E-state index contributed by atoms with van der Waals surface area (Å²) in [5.74, 6) is -3.98. The minimum absolute atomic E-state index is 0.0369. The molecule has 68 heavy (non-hydrogen) atoms. The third kappa shape index (κ3) is 9.11. The zero-order valence-corrected chi connectivity index (χ0v) is 37.5. The highest BCUT2D eigenvalue weighted by atomic mass is 16.2. The molecule has 4 saturated carbocycles. The van der Waals surface area contributed by atoms with Crippen LogP contribution < -0.4 is 21.3 Å². The highest BCUT2D eigenvalue weighted by molar-refractivity contribution is 6.00. The first-order valence-electron chi connectivity index (χ1n) is 24.0. The second-order valence-corrected chi connectivity index (χ2v) is 19.6. The predicted octanol–water partition coefficient (Wildman–Crippen LogP) is 4.54. The number of hydrogen-bond donors (Lipinski definition) is 4. The number of nitrogens with zero attached hydrogens (tertiary/aromatic N) is 4. The number of benzene rings is 3. The average Bonchev–Trinajstić information content (AvgIpc) is 4.31. The minimum Gasteiger partial charge on any atom is -0.352 e. The van der Waals surface area contributed by atoms with Crippen LogP contribution in [0.15, 0.2) is 134 Å². The van der Waals surface area contributed by atoms with Crippen LogP contribution in [0.3, 0.4) is 0 Å². The summed E-state index contributed by atoms with van der Waals surface area (Å²) >= 11 is 0. The van der Waals surface area contributed by atoms with E-state index in [1.807, 2.05) is 60.7 Å². The van der Waals surface area contributed by atoms with Crippen LogP contribution in [0.4, 0.5) is 0 Å². The maximum absolute atomic E-state index is 14.2. The van der Waals surface area contributed by atoms with Gasteiger partial charge >= 0.3 is 0 Å². The van der Waals surface area contributed by atoms with Crippen molar-refractivity contribution in [1.29, 1.82) is 0 Å². The van der Waals surface area contributed by atoms with E-state index in [0.29, 0.717) is 11.1 Å². The van der Waals surface area contributed by atoms with Crippen LogP contribution in [0, 0.1) is 23.7 Å². The molecule has 4 heterocycles. The fourth-order valence-electron chi connectivity index (χ4n) is 10.8. The molecule has 5 aromatic rings. The number of hydrogen-bond acceptors (Lipinski definition) is 8. The first-order valence-corrected chi connectivity index (χ1v) is 24.0. The van der Waals surface area contributed by atoms with Crippen molar-refractivity contribution in [3.05, 3.63) is 167 Å². The molecule has 0 unspecified atom stereocenters. The van der Waals surface area contributed by atoms with E-state index in [-0.39, 0.29) is 109 Å². The summed E-state index contributed by atoms with van der Waals surface area (Å²) in [7, 11) is 0. The van der Waals surface area contributed by atoms with Gasteiger partial charge in [0.1, 0.15) is 0 Å². The van der Waals surface area contributed by atoms with Gasteiger partial charge < -0.3 is 31.1 Å². The van der Waals surface area contributed by atoms with Gasteiger partial charge in [-0.3, -0.25) is 38.7 Å². The van der Waals surface area contributed by atoms with Crippen molar-refractivity contribution in [2.24, 2.45) is 23.7 Å². The highest BCUT2D eigenvalue weighted by Gasteiger charge is 2.51. The van der Waals surface area contributed by atoms with Gasteiger partial charge in [0, 0.05) is 110 Å². The second-order valence-electron chi connectivity index (χ2n) is 19.6. The van der Waals surface area contributed by atoms with E-state index < -0.39 is 23.7 Å². The largest absolute Gasteiger partial charge is 0.352 e. The summed E-state index contributed by atoms with van der Waals surface area (Å²) in [4.78, 5) is 95.8. The molecule has 6 aliphatic rings. The van der Waals surface area contributed by atoms with Gasteiger partial charge in [-0.25, -0.2) is 0 Å². The summed E-state index contributed by atoms with van der Waals surface area (Å²) in [6.45, 7) is 0.274. The molecule has 3 aromatic carbocycles. The smallest absolute Gasteiger partial charge is 0.253 e. The molecule has 6 fully saturated rings. The zero-order valence-electron chi connectivity index (χ0n) is 37.5. The first kappa shape index (κ1) is 43.4. The molecule has 0 radical (unpaired) electrons. The van der Waals surface area contributed by atoms with Crippen molar-refractivity contribution < 1.29 is 28.8 Å². The second kappa shape index (κ2) is 18.1. The van der Waals surface area contributed by atoms with Crippen LogP contribution in [-0.4, -0.2) is 106 Å². The fourth-order valence-corrected chi connectivity index (χ4v) is 10.8. The molecule has 14 nitrogen and oxygen atoms in total. The van der Waals surface area contributed by atoms with Crippen molar-refractivity contribution >= 4 is 35.4 Å².